The number of carbonyl (C=O) groups is 1. The van der Waals surface area contributed by atoms with Crippen LogP contribution in [0.1, 0.15) is 13.8 Å². The first-order valence-corrected chi connectivity index (χ1v) is 7.10. The first kappa shape index (κ1) is 17.3. The van der Waals surface area contributed by atoms with E-state index in [0.29, 0.717) is 23.0 Å². The van der Waals surface area contributed by atoms with Crippen LogP contribution in [0.15, 0.2) is 30.9 Å². The van der Waals surface area contributed by atoms with E-state index in [1.54, 1.807) is 24.3 Å². The molecule has 1 rings (SSSR count). The number of hydrogen-bond donors (Lipinski definition) is 2. The Kier molecular flexibility index (Phi) is 7.05. The summed E-state index contributed by atoms with van der Waals surface area (Å²) >= 11 is 6.11. The van der Waals surface area contributed by atoms with Gasteiger partial charge in [0, 0.05) is 13.1 Å². The summed E-state index contributed by atoms with van der Waals surface area (Å²) in [5, 5.41) is 12.2. The Labute approximate surface area is 130 Å². The minimum atomic E-state index is -0.347. The smallest absolute Gasteiger partial charge is 0.322 e. The number of halogens is 1. The molecule has 5 nitrogen and oxygen atoms in total. The van der Waals surface area contributed by atoms with Crippen LogP contribution >= 0.6 is 11.6 Å². The number of para-hydroxylation sites is 1. The van der Waals surface area contributed by atoms with Gasteiger partial charge in [-0.3, -0.25) is 0 Å². The number of urea groups is 1. The summed E-state index contributed by atoms with van der Waals surface area (Å²) in [4.78, 5) is 13.6. The Morgan fingerprint density at radius 1 is 1.57 bits per heavy atom. The van der Waals surface area contributed by atoms with Gasteiger partial charge in [-0.05, 0) is 26.0 Å². The Hall–Kier alpha value is -1.72. The monoisotopic (exact) mass is 312 g/mol. The van der Waals surface area contributed by atoms with E-state index in [9.17, 15) is 4.79 Å². The molecular formula is C15H21ClN2O3. The van der Waals surface area contributed by atoms with E-state index in [0.717, 1.165) is 0 Å². The maximum Gasteiger partial charge on any atom is 0.322 e. The van der Waals surface area contributed by atoms with E-state index in [-0.39, 0.29) is 25.3 Å². The van der Waals surface area contributed by atoms with E-state index < -0.39 is 0 Å². The van der Waals surface area contributed by atoms with Crippen LogP contribution in [0.25, 0.3) is 0 Å². The molecule has 0 bridgehead atoms. The van der Waals surface area contributed by atoms with Gasteiger partial charge in [0.2, 0.25) is 0 Å². The normalized spacial score (nSPS) is 10.3. The molecule has 2 N–H and O–H groups in total. The van der Waals surface area contributed by atoms with Gasteiger partial charge in [0.15, 0.2) is 5.75 Å². The van der Waals surface area contributed by atoms with E-state index in [4.69, 9.17) is 21.4 Å². The Balaban J connectivity index is 2.92. The van der Waals surface area contributed by atoms with Crippen LogP contribution in [0.3, 0.4) is 0 Å². The van der Waals surface area contributed by atoms with Crippen molar-refractivity contribution in [3.63, 3.8) is 0 Å². The average molecular weight is 313 g/mol. The number of anilines is 1. The van der Waals surface area contributed by atoms with Gasteiger partial charge in [-0.15, -0.1) is 6.58 Å². The average Bonchev–Trinajstić information content (AvgIpc) is 2.42. The van der Waals surface area contributed by atoms with Crippen LogP contribution in [0.4, 0.5) is 10.5 Å². The van der Waals surface area contributed by atoms with Crippen LogP contribution in [0, 0.1) is 0 Å². The molecule has 21 heavy (non-hydrogen) atoms. The predicted molar refractivity (Wildman–Crippen MR) is 85.1 cm³/mol. The second-order valence-electron chi connectivity index (χ2n) is 4.67. The van der Waals surface area contributed by atoms with Crippen molar-refractivity contribution in [2.75, 3.05) is 25.0 Å². The third-order valence-electron chi connectivity index (χ3n) is 2.57. The van der Waals surface area contributed by atoms with Gasteiger partial charge in [0.1, 0.15) is 0 Å². The van der Waals surface area contributed by atoms with Gasteiger partial charge in [-0.2, -0.15) is 0 Å². The van der Waals surface area contributed by atoms with Crippen molar-refractivity contribution in [2.24, 2.45) is 0 Å². The zero-order chi connectivity index (χ0) is 15.8. The summed E-state index contributed by atoms with van der Waals surface area (Å²) in [6, 6.07) is 4.80. The topological polar surface area (TPSA) is 61.8 Å². The van der Waals surface area contributed by atoms with Gasteiger partial charge in [0.25, 0.3) is 0 Å². The van der Waals surface area contributed by atoms with Crippen LogP contribution < -0.4 is 10.1 Å². The summed E-state index contributed by atoms with van der Waals surface area (Å²) in [6.45, 7) is 7.80. The molecule has 0 aromatic heterocycles. The van der Waals surface area contributed by atoms with E-state index >= 15 is 0 Å². The second-order valence-corrected chi connectivity index (χ2v) is 5.08. The lowest BCUT2D eigenvalue weighted by Gasteiger charge is -2.22. The first-order chi connectivity index (χ1) is 9.99. The molecule has 1 aromatic rings. The minimum Gasteiger partial charge on any atom is -0.487 e. The fourth-order valence-corrected chi connectivity index (χ4v) is 1.93. The molecule has 116 valence electrons. The quantitative estimate of drug-likeness (QED) is 0.760. The third kappa shape index (κ3) is 5.28. The number of rotatable bonds is 7. The fraction of sp³-hybridized carbons (Fsp3) is 0.400. The van der Waals surface area contributed by atoms with Gasteiger partial charge >= 0.3 is 6.03 Å². The molecular weight excluding hydrogens is 292 g/mol. The summed E-state index contributed by atoms with van der Waals surface area (Å²) in [5.41, 5.74) is 0.494. The van der Waals surface area contributed by atoms with Crippen molar-refractivity contribution in [1.29, 1.82) is 0 Å². The lowest BCUT2D eigenvalue weighted by atomic mass is 10.3. The zero-order valence-corrected chi connectivity index (χ0v) is 13.1. The lowest BCUT2D eigenvalue weighted by Crippen LogP contribution is -2.37. The SMILES string of the molecule is C=CCN(CCO)C(=O)Nc1cccc(Cl)c1OC(C)C. The molecule has 2 amide bonds. The number of aliphatic hydroxyl groups is 1. The highest BCUT2D eigenvalue weighted by atomic mass is 35.5. The molecule has 0 spiro atoms. The Morgan fingerprint density at radius 3 is 2.86 bits per heavy atom. The van der Waals surface area contributed by atoms with Crippen LogP contribution in [0.5, 0.6) is 5.75 Å². The van der Waals surface area contributed by atoms with Crippen LogP contribution in [0.2, 0.25) is 5.02 Å². The van der Waals surface area contributed by atoms with Gasteiger partial charge in [0.05, 0.1) is 23.4 Å². The standard InChI is InChI=1S/C15H21ClN2O3/c1-4-8-18(9-10-19)15(20)17-13-7-5-6-12(16)14(13)21-11(2)3/h4-7,11,19H,1,8-10H2,2-3H3,(H,17,20). The number of aliphatic hydroxyl groups excluding tert-OH is 1. The highest BCUT2D eigenvalue weighted by molar-refractivity contribution is 6.32. The van der Waals surface area contributed by atoms with E-state index in [1.807, 2.05) is 13.8 Å². The van der Waals surface area contributed by atoms with Gasteiger partial charge < -0.3 is 20.1 Å². The largest absolute Gasteiger partial charge is 0.487 e. The van der Waals surface area contributed by atoms with Crippen molar-refractivity contribution in [1.82, 2.24) is 4.90 Å². The number of hydrogen-bond acceptors (Lipinski definition) is 3. The predicted octanol–water partition coefficient (Wildman–Crippen LogP) is 3.14. The maximum absolute atomic E-state index is 12.2. The molecule has 6 heteroatoms. The van der Waals surface area contributed by atoms with Crippen molar-refractivity contribution in [3.8, 4) is 5.75 Å². The summed E-state index contributed by atoms with van der Waals surface area (Å²) in [7, 11) is 0. The molecule has 0 aliphatic heterocycles. The number of benzene rings is 1. The Bertz CT molecular complexity index is 492. The van der Waals surface area contributed by atoms with Crippen LogP contribution in [-0.4, -0.2) is 41.8 Å². The van der Waals surface area contributed by atoms with Gasteiger partial charge in [-0.1, -0.05) is 23.7 Å². The molecule has 0 aliphatic rings. The summed E-state index contributed by atoms with van der Waals surface area (Å²) in [5.74, 6) is 0.435. The molecule has 0 fully saturated rings. The number of nitrogens with one attached hydrogen (secondary N) is 1. The zero-order valence-electron chi connectivity index (χ0n) is 12.3. The second kappa shape index (κ2) is 8.54. The number of ether oxygens (including phenoxy) is 1. The van der Waals surface area contributed by atoms with Crippen molar-refractivity contribution < 1.29 is 14.6 Å². The maximum atomic E-state index is 12.2. The molecule has 0 aliphatic carbocycles. The molecule has 0 saturated heterocycles. The highest BCUT2D eigenvalue weighted by Crippen LogP contribution is 2.33. The summed E-state index contributed by atoms with van der Waals surface area (Å²) in [6.07, 6.45) is 1.53. The molecule has 0 unspecified atom stereocenters. The molecule has 0 atom stereocenters. The molecule has 0 radical (unpaired) electrons. The van der Waals surface area contributed by atoms with Crippen molar-refractivity contribution in [2.45, 2.75) is 20.0 Å². The molecule has 1 aromatic carbocycles. The van der Waals surface area contributed by atoms with E-state index in [1.165, 1.54) is 4.90 Å². The van der Waals surface area contributed by atoms with Gasteiger partial charge in [-0.25, -0.2) is 4.79 Å². The van der Waals surface area contributed by atoms with Crippen molar-refractivity contribution >= 4 is 23.3 Å². The van der Waals surface area contributed by atoms with Crippen molar-refractivity contribution in [3.05, 3.63) is 35.9 Å². The van der Waals surface area contributed by atoms with E-state index in [2.05, 4.69) is 11.9 Å². The lowest BCUT2D eigenvalue weighted by molar-refractivity contribution is 0.195. The number of amides is 2. The number of carbonyl (C=O) groups excluding carboxylic acids is 1. The highest BCUT2D eigenvalue weighted by Gasteiger charge is 2.16. The molecule has 0 saturated carbocycles. The third-order valence-corrected chi connectivity index (χ3v) is 2.87. The summed E-state index contributed by atoms with van der Waals surface area (Å²) < 4.78 is 5.64. The van der Waals surface area contributed by atoms with Crippen LogP contribution in [-0.2, 0) is 0 Å². The fourth-order valence-electron chi connectivity index (χ4n) is 1.71. The Morgan fingerprint density at radius 2 is 2.29 bits per heavy atom. The minimum absolute atomic E-state index is 0.0673. The first-order valence-electron chi connectivity index (χ1n) is 6.72. The number of nitrogens with zero attached hydrogens (tertiary/aromatic N) is 1. The molecule has 0 heterocycles.